The quantitative estimate of drug-likeness (QED) is 0.903. The molecular formula is C15H26N4. The van der Waals surface area contributed by atoms with Crippen LogP contribution in [0.25, 0.3) is 0 Å². The maximum atomic E-state index is 4.81. The topological polar surface area (TPSA) is 41.1 Å². The molecule has 1 aromatic heterocycles. The van der Waals surface area contributed by atoms with Crippen molar-refractivity contribution in [2.45, 2.75) is 46.1 Å². The molecule has 0 aromatic carbocycles. The highest BCUT2D eigenvalue weighted by molar-refractivity contribution is 5.15. The molecule has 1 N–H and O–H groups in total. The molecular weight excluding hydrogens is 236 g/mol. The highest BCUT2D eigenvalue weighted by Gasteiger charge is 2.23. The first kappa shape index (κ1) is 14.4. The van der Waals surface area contributed by atoms with E-state index >= 15 is 0 Å². The SMILES string of the molecule is CCC(c1nc(C)cc(C(C)C)n1)N1CCNCC1. The molecule has 0 amide bonds. The lowest BCUT2D eigenvalue weighted by Crippen LogP contribution is -2.45. The highest BCUT2D eigenvalue weighted by Crippen LogP contribution is 2.23. The van der Waals surface area contributed by atoms with Crippen molar-refractivity contribution in [2.24, 2.45) is 0 Å². The van der Waals surface area contributed by atoms with E-state index in [2.05, 4.69) is 49.0 Å². The van der Waals surface area contributed by atoms with E-state index in [-0.39, 0.29) is 0 Å². The summed E-state index contributed by atoms with van der Waals surface area (Å²) < 4.78 is 0. The molecule has 0 saturated carbocycles. The molecule has 1 aromatic rings. The Balaban J connectivity index is 2.26. The Morgan fingerprint density at radius 1 is 1.26 bits per heavy atom. The summed E-state index contributed by atoms with van der Waals surface area (Å²) in [5.74, 6) is 1.47. The first-order valence-corrected chi connectivity index (χ1v) is 7.42. The molecule has 1 aliphatic heterocycles. The van der Waals surface area contributed by atoms with Crippen LogP contribution in [0.5, 0.6) is 0 Å². The van der Waals surface area contributed by atoms with Crippen LogP contribution in [0.3, 0.4) is 0 Å². The van der Waals surface area contributed by atoms with E-state index in [0.717, 1.165) is 49.8 Å². The number of hydrogen-bond acceptors (Lipinski definition) is 4. The largest absolute Gasteiger partial charge is 0.314 e. The van der Waals surface area contributed by atoms with Gasteiger partial charge in [-0.25, -0.2) is 9.97 Å². The van der Waals surface area contributed by atoms with Crippen molar-refractivity contribution in [3.63, 3.8) is 0 Å². The van der Waals surface area contributed by atoms with Crippen LogP contribution in [0.15, 0.2) is 6.07 Å². The number of nitrogens with zero attached hydrogens (tertiary/aromatic N) is 3. The predicted octanol–water partition coefficient (Wildman–Crippen LogP) is 2.26. The van der Waals surface area contributed by atoms with Gasteiger partial charge in [0.15, 0.2) is 0 Å². The number of nitrogens with one attached hydrogen (secondary N) is 1. The molecule has 1 fully saturated rings. The molecule has 2 rings (SSSR count). The van der Waals surface area contributed by atoms with Gasteiger partial charge in [0.1, 0.15) is 5.82 Å². The fourth-order valence-corrected chi connectivity index (χ4v) is 2.66. The fourth-order valence-electron chi connectivity index (χ4n) is 2.66. The van der Waals surface area contributed by atoms with Crippen LogP contribution >= 0.6 is 0 Å². The Morgan fingerprint density at radius 3 is 2.53 bits per heavy atom. The summed E-state index contributed by atoms with van der Waals surface area (Å²) in [7, 11) is 0. The lowest BCUT2D eigenvalue weighted by Gasteiger charge is -2.33. The molecule has 0 bridgehead atoms. The van der Waals surface area contributed by atoms with Crippen LogP contribution in [-0.4, -0.2) is 41.0 Å². The van der Waals surface area contributed by atoms with E-state index in [1.165, 1.54) is 0 Å². The summed E-state index contributed by atoms with van der Waals surface area (Å²) in [6.07, 6.45) is 1.07. The molecule has 0 radical (unpaired) electrons. The number of hydrogen-bond donors (Lipinski definition) is 1. The minimum Gasteiger partial charge on any atom is -0.314 e. The van der Waals surface area contributed by atoms with Crippen molar-refractivity contribution in [1.29, 1.82) is 0 Å². The van der Waals surface area contributed by atoms with Gasteiger partial charge in [-0.1, -0.05) is 20.8 Å². The monoisotopic (exact) mass is 262 g/mol. The van der Waals surface area contributed by atoms with Crippen molar-refractivity contribution in [3.05, 3.63) is 23.3 Å². The molecule has 1 unspecified atom stereocenters. The van der Waals surface area contributed by atoms with Gasteiger partial charge in [-0.3, -0.25) is 4.90 Å². The van der Waals surface area contributed by atoms with Gasteiger partial charge < -0.3 is 5.32 Å². The molecule has 4 nitrogen and oxygen atoms in total. The third kappa shape index (κ3) is 3.51. The first-order chi connectivity index (χ1) is 9.11. The maximum absolute atomic E-state index is 4.81. The summed E-state index contributed by atoms with van der Waals surface area (Å²) in [5, 5.41) is 3.40. The van der Waals surface area contributed by atoms with Gasteiger partial charge >= 0.3 is 0 Å². The van der Waals surface area contributed by atoms with Gasteiger partial charge in [0.2, 0.25) is 0 Å². The lowest BCUT2D eigenvalue weighted by molar-refractivity contribution is 0.162. The Kier molecular flexibility index (Phi) is 4.88. The smallest absolute Gasteiger partial charge is 0.145 e. The summed E-state index contributed by atoms with van der Waals surface area (Å²) in [6.45, 7) is 13.0. The van der Waals surface area contributed by atoms with Crippen LogP contribution in [0, 0.1) is 6.92 Å². The van der Waals surface area contributed by atoms with E-state index in [9.17, 15) is 0 Å². The number of aryl methyl sites for hydroxylation is 1. The fraction of sp³-hybridized carbons (Fsp3) is 0.733. The summed E-state index contributed by atoms with van der Waals surface area (Å²) in [5.41, 5.74) is 2.25. The Labute approximate surface area is 116 Å². The minimum absolute atomic E-state index is 0.361. The van der Waals surface area contributed by atoms with Crippen LogP contribution in [0.2, 0.25) is 0 Å². The second-order valence-corrected chi connectivity index (χ2v) is 5.66. The van der Waals surface area contributed by atoms with E-state index < -0.39 is 0 Å². The van der Waals surface area contributed by atoms with Gasteiger partial charge in [-0.15, -0.1) is 0 Å². The zero-order chi connectivity index (χ0) is 13.8. The molecule has 0 spiro atoms. The van der Waals surface area contributed by atoms with Crippen LogP contribution in [0.4, 0.5) is 0 Å². The molecule has 1 atom stereocenters. The summed E-state index contributed by atoms with van der Waals surface area (Å²) in [4.78, 5) is 12.0. The highest BCUT2D eigenvalue weighted by atomic mass is 15.2. The van der Waals surface area contributed by atoms with Crippen molar-refractivity contribution < 1.29 is 0 Å². The molecule has 0 aliphatic carbocycles. The van der Waals surface area contributed by atoms with Crippen LogP contribution < -0.4 is 5.32 Å². The number of aromatic nitrogens is 2. The Morgan fingerprint density at radius 2 is 1.95 bits per heavy atom. The first-order valence-electron chi connectivity index (χ1n) is 7.42. The molecule has 1 saturated heterocycles. The van der Waals surface area contributed by atoms with Crippen molar-refractivity contribution in [3.8, 4) is 0 Å². The maximum Gasteiger partial charge on any atom is 0.145 e. The number of rotatable bonds is 4. The zero-order valence-electron chi connectivity index (χ0n) is 12.6. The van der Waals surface area contributed by atoms with Gasteiger partial charge in [-0.05, 0) is 25.3 Å². The zero-order valence-corrected chi connectivity index (χ0v) is 12.6. The van der Waals surface area contributed by atoms with Crippen molar-refractivity contribution in [2.75, 3.05) is 26.2 Å². The van der Waals surface area contributed by atoms with Gasteiger partial charge in [0.25, 0.3) is 0 Å². The number of piperazine rings is 1. The standard InChI is InChI=1S/C15H26N4/c1-5-14(19-8-6-16-7-9-19)15-17-12(4)10-13(18-15)11(2)3/h10-11,14,16H,5-9H2,1-4H3. The molecule has 1 aliphatic rings. The van der Waals surface area contributed by atoms with Crippen molar-refractivity contribution >= 4 is 0 Å². The molecule has 2 heterocycles. The second-order valence-electron chi connectivity index (χ2n) is 5.66. The molecule has 106 valence electrons. The molecule has 19 heavy (non-hydrogen) atoms. The second kappa shape index (κ2) is 6.44. The van der Waals surface area contributed by atoms with Gasteiger partial charge in [-0.2, -0.15) is 0 Å². The van der Waals surface area contributed by atoms with Crippen LogP contribution in [0.1, 0.15) is 56.4 Å². The Bertz CT molecular complexity index is 411. The lowest BCUT2D eigenvalue weighted by atomic mass is 10.1. The van der Waals surface area contributed by atoms with Crippen LogP contribution in [-0.2, 0) is 0 Å². The van der Waals surface area contributed by atoms with Crippen molar-refractivity contribution in [1.82, 2.24) is 20.2 Å². The minimum atomic E-state index is 0.361. The summed E-state index contributed by atoms with van der Waals surface area (Å²) in [6, 6.07) is 2.47. The van der Waals surface area contributed by atoms with E-state index in [1.807, 2.05) is 0 Å². The van der Waals surface area contributed by atoms with Gasteiger partial charge in [0.05, 0.1) is 6.04 Å². The normalized spacial score (nSPS) is 18.8. The van der Waals surface area contributed by atoms with E-state index in [4.69, 9.17) is 4.98 Å². The average molecular weight is 262 g/mol. The third-order valence-corrected chi connectivity index (χ3v) is 3.76. The molecule has 4 heteroatoms. The third-order valence-electron chi connectivity index (χ3n) is 3.76. The predicted molar refractivity (Wildman–Crippen MR) is 78.3 cm³/mol. The van der Waals surface area contributed by atoms with E-state index in [1.54, 1.807) is 0 Å². The van der Waals surface area contributed by atoms with Gasteiger partial charge in [0, 0.05) is 37.6 Å². The van der Waals surface area contributed by atoms with E-state index in [0.29, 0.717) is 12.0 Å². The Hall–Kier alpha value is -1.00. The average Bonchev–Trinajstić information content (AvgIpc) is 2.40. The summed E-state index contributed by atoms with van der Waals surface area (Å²) >= 11 is 0.